The minimum atomic E-state index is 0.557. The second kappa shape index (κ2) is 3.59. The van der Waals surface area contributed by atoms with Crippen LogP contribution in [0.15, 0.2) is 36.5 Å². The Kier molecular flexibility index (Phi) is 2.21. The van der Waals surface area contributed by atoms with Gasteiger partial charge in [-0.25, -0.2) is 0 Å². The van der Waals surface area contributed by atoms with Gasteiger partial charge in [0.2, 0.25) is 0 Å². The molecule has 2 unspecified atom stereocenters. The lowest BCUT2D eigenvalue weighted by Gasteiger charge is -2.04. The molecule has 1 aliphatic carbocycles. The molecule has 2 aromatic rings. The summed E-state index contributed by atoms with van der Waals surface area (Å²) in [6.45, 7) is 2.10. The molecule has 0 bridgehead atoms. The molecule has 0 aliphatic heterocycles. The molecule has 1 saturated carbocycles. The van der Waals surface area contributed by atoms with Gasteiger partial charge in [0.25, 0.3) is 0 Å². The van der Waals surface area contributed by atoms with Crippen LogP contribution in [0.3, 0.4) is 0 Å². The number of nitrogens with zero attached hydrogens (tertiary/aromatic N) is 1. The summed E-state index contributed by atoms with van der Waals surface area (Å²) in [6, 6.07) is 11.2. The zero-order valence-corrected chi connectivity index (χ0v) is 10.00. The van der Waals surface area contributed by atoms with E-state index in [1.807, 2.05) is 6.20 Å². The predicted octanol–water partition coefficient (Wildman–Crippen LogP) is 3.58. The van der Waals surface area contributed by atoms with Gasteiger partial charge in [-0.1, -0.05) is 30.3 Å². The van der Waals surface area contributed by atoms with Crippen LogP contribution < -0.4 is 0 Å². The fourth-order valence-electron chi connectivity index (χ4n) is 2.40. The summed E-state index contributed by atoms with van der Waals surface area (Å²) in [5.74, 6) is 0.641. The van der Waals surface area contributed by atoms with E-state index in [4.69, 9.17) is 12.2 Å². The van der Waals surface area contributed by atoms with Crippen LogP contribution in [0.1, 0.15) is 29.6 Å². The average Bonchev–Trinajstić information content (AvgIpc) is 3.01. The largest absolute Gasteiger partial charge is 0.337 e. The highest BCUT2D eigenvalue weighted by Gasteiger charge is 2.40. The maximum absolute atomic E-state index is 5.30. The third-order valence-corrected chi connectivity index (χ3v) is 3.63. The second-order valence-electron chi connectivity index (χ2n) is 4.43. The van der Waals surface area contributed by atoms with Crippen molar-refractivity contribution in [1.29, 1.82) is 0 Å². The SMILES string of the molecule is Cc1c[nH]c(=S)n1C1CC1c1ccccc1. The third kappa shape index (κ3) is 1.52. The molecule has 1 aromatic carbocycles. The molecular formula is C13H14N2S. The van der Waals surface area contributed by atoms with E-state index in [0.717, 1.165) is 4.77 Å². The Hall–Kier alpha value is -1.35. The van der Waals surface area contributed by atoms with Crippen molar-refractivity contribution in [2.45, 2.75) is 25.3 Å². The van der Waals surface area contributed by atoms with Gasteiger partial charge < -0.3 is 9.55 Å². The minimum Gasteiger partial charge on any atom is -0.337 e. The monoisotopic (exact) mass is 230 g/mol. The normalized spacial score (nSPS) is 23.3. The smallest absolute Gasteiger partial charge is 0.177 e. The summed E-state index contributed by atoms with van der Waals surface area (Å²) in [6.07, 6.45) is 3.19. The van der Waals surface area contributed by atoms with Gasteiger partial charge in [-0.2, -0.15) is 0 Å². The Bertz CT molecular complexity index is 553. The van der Waals surface area contributed by atoms with Crippen LogP contribution in [0.25, 0.3) is 0 Å². The van der Waals surface area contributed by atoms with Gasteiger partial charge in [0.05, 0.1) is 0 Å². The average molecular weight is 230 g/mol. The molecule has 1 N–H and O–H groups in total. The van der Waals surface area contributed by atoms with Crippen LogP contribution in [-0.4, -0.2) is 9.55 Å². The molecule has 2 nitrogen and oxygen atoms in total. The first-order valence-corrected chi connectivity index (χ1v) is 5.99. The number of benzene rings is 1. The van der Waals surface area contributed by atoms with Gasteiger partial charge in [-0.3, -0.25) is 0 Å². The molecule has 1 aliphatic rings. The van der Waals surface area contributed by atoms with Gasteiger partial charge in [0.15, 0.2) is 4.77 Å². The summed E-state index contributed by atoms with van der Waals surface area (Å²) in [4.78, 5) is 3.11. The van der Waals surface area contributed by atoms with Crippen molar-refractivity contribution in [3.05, 3.63) is 52.6 Å². The topological polar surface area (TPSA) is 20.7 Å². The van der Waals surface area contributed by atoms with Crippen molar-refractivity contribution in [1.82, 2.24) is 9.55 Å². The molecule has 1 aromatic heterocycles. The molecular weight excluding hydrogens is 216 g/mol. The van der Waals surface area contributed by atoms with Gasteiger partial charge >= 0.3 is 0 Å². The van der Waals surface area contributed by atoms with Crippen molar-refractivity contribution in [2.75, 3.05) is 0 Å². The first-order valence-electron chi connectivity index (χ1n) is 5.59. The maximum Gasteiger partial charge on any atom is 0.177 e. The van der Waals surface area contributed by atoms with E-state index < -0.39 is 0 Å². The standard InChI is InChI=1S/C13H14N2S/c1-9-8-14-13(16)15(9)12-7-11(12)10-5-3-2-4-6-10/h2-6,8,11-12H,7H2,1H3,(H,14,16). The Morgan fingerprint density at radius 1 is 1.31 bits per heavy atom. The number of H-pyrrole nitrogens is 1. The summed E-state index contributed by atoms with van der Waals surface area (Å²) < 4.78 is 3.09. The van der Waals surface area contributed by atoms with Crippen molar-refractivity contribution in [3.8, 4) is 0 Å². The Morgan fingerprint density at radius 3 is 2.69 bits per heavy atom. The van der Waals surface area contributed by atoms with E-state index in [9.17, 15) is 0 Å². The lowest BCUT2D eigenvalue weighted by Crippen LogP contribution is -1.98. The summed E-state index contributed by atoms with van der Waals surface area (Å²) in [7, 11) is 0. The number of aromatic nitrogens is 2. The Balaban J connectivity index is 1.90. The number of aromatic amines is 1. The third-order valence-electron chi connectivity index (χ3n) is 3.32. The first kappa shape index (κ1) is 9.85. The van der Waals surface area contributed by atoms with Crippen LogP contribution in [0.2, 0.25) is 0 Å². The molecule has 0 radical (unpaired) electrons. The lowest BCUT2D eigenvalue weighted by atomic mass is 10.1. The van der Waals surface area contributed by atoms with Gasteiger partial charge in [0.1, 0.15) is 0 Å². The molecule has 1 heterocycles. The van der Waals surface area contributed by atoms with Crippen molar-refractivity contribution < 1.29 is 0 Å². The van der Waals surface area contributed by atoms with Crippen molar-refractivity contribution in [3.63, 3.8) is 0 Å². The van der Waals surface area contributed by atoms with Crippen LogP contribution in [-0.2, 0) is 0 Å². The molecule has 3 rings (SSSR count). The Morgan fingerprint density at radius 2 is 2.06 bits per heavy atom. The fourth-order valence-corrected chi connectivity index (χ4v) is 2.74. The number of aryl methyl sites for hydroxylation is 1. The van der Waals surface area contributed by atoms with E-state index in [-0.39, 0.29) is 0 Å². The maximum atomic E-state index is 5.30. The highest BCUT2D eigenvalue weighted by Crippen LogP contribution is 2.51. The van der Waals surface area contributed by atoms with Crippen LogP contribution in [0, 0.1) is 11.7 Å². The van der Waals surface area contributed by atoms with Gasteiger partial charge in [0, 0.05) is 23.9 Å². The summed E-state index contributed by atoms with van der Waals surface area (Å²) in [5, 5.41) is 0. The molecule has 2 atom stereocenters. The molecule has 1 fully saturated rings. The molecule has 16 heavy (non-hydrogen) atoms. The van der Waals surface area contributed by atoms with Gasteiger partial charge in [-0.05, 0) is 31.1 Å². The highest BCUT2D eigenvalue weighted by atomic mass is 32.1. The molecule has 0 amide bonds. The van der Waals surface area contributed by atoms with E-state index >= 15 is 0 Å². The highest BCUT2D eigenvalue weighted by molar-refractivity contribution is 7.71. The van der Waals surface area contributed by atoms with Gasteiger partial charge in [-0.15, -0.1) is 0 Å². The van der Waals surface area contributed by atoms with E-state index in [1.54, 1.807) is 0 Å². The fraction of sp³-hybridized carbons (Fsp3) is 0.308. The number of imidazole rings is 1. The lowest BCUT2D eigenvalue weighted by molar-refractivity contribution is 0.685. The van der Waals surface area contributed by atoms with Crippen molar-refractivity contribution in [2.24, 2.45) is 0 Å². The first-order chi connectivity index (χ1) is 7.77. The number of hydrogen-bond donors (Lipinski definition) is 1. The molecule has 0 spiro atoms. The van der Waals surface area contributed by atoms with E-state index in [0.29, 0.717) is 12.0 Å². The summed E-state index contributed by atoms with van der Waals surface area (Å²) >= 11 is 5.30. The zero-order valence-electron chi connectivity index (χ0n) is 9.18. The molecule has 0 saturated heterocycles. The number of hydrogen-bond acceptors (Lipinski definition) is 1. The minimum absolute atomic E-state index is 0.557. The van der Waals surface area contributed by atoms with E-state index in [2.05, 4.69) is 46.8 Å². The van der Waals surface area contributed by atoms with Crippen LogP contribution in [0.4, 0.5) is 0 Å². The predicted molar refractivity (Wildman–Crippen MR) is 67.2 cm³/mol. The van der Waals surface area contributed by atoms with Crippen molar-refractivity contribution >= 4 is 12.2 Å². The van der Waals surface area contributed by atoms with E-state index in [1.165, 1.54) is 17.7 Å². The summed E-state index contributed by atoms with van der Waals surface area (Å²) in [5.41, 5.74) is 2.66. The number of rotatable bonds is 2. The molecule has 3 heteroatoms. The zero-order chi connectivity index (χ0) is 11.1. The molecule has 82 valence electrons. The second-order valence-corrected chi connectivity index (χ2v) is 4.81. The Labute approximate surface area is 99.9 Å². The number of nitrogens with one attached hydrogen (secondary N) is 1. The van der Waals surface area contributed by atoms with Crippen LogP contribution in [0.5, 0.6) is 0 Å². The quantitative estimate of drug-likeness (QED) is 0.782. The van der Waals surface area contributed by atoms with Crippen LogP contribution >= 0.6 is 12.2 Å².